The minimum Gasteiger partial charge on any atom is -0.340 e. The van der Waals surface area contributed by atoms with E-state index in [2.05, 4.69) is 32.4 Å². The van der Waals surface area contributed by atoms with E-state index >= 15 is 0 Å². The number of hydrogen-bond donors (Lipinski definition) is 1. The van der Waals surface area contributed by atoms with E-state index < -0.39 is 0 Å². The molecule has 0 spiro atoms. The summed E-state index contributed by atoms with van der Waals surface area (Å²) in [5, 5.41) is 6.73. The zero-order valence-electron chi connectivity index (χ0n) is 14.2. The summed E-state index contributed by atoms with van der Waals surface area (Å²) in [6.07, 6.45) is 3.19. The minimum absolute atomic E-state index is 0. The Morgan fingerprint density at radius 1 is 1.33 bits per heavy atom. The molecule has 2 fully saturated rings. The van der Waals surface area contributed by atoms with E-state index in [0.29, 0.717) is 5.91 Å². The van der Waals surface area contributed by atoms with Crippen molar-refractivity contribution in [3.8, 4) is 0 Å². The van der Waals surface area contributed by atoms with Gasteiger partial charge in [0.1, 0.15) is 0 Å². The van der Waals surface area contributed by atoms with Crippen molar-refractivity contribution < 1.29 is 4.79 Å². The van der Waals surface area contributed by atoms with Crippen molar-refractivity contribution in [1.29, 1.82) is 0 Å². The number of nitrogens with zero attached hydrogens (tertiary/aromatic N) is 3. The lowest BCUT2D eigenvalue weighted by atomic mass is 9.98. The quantitative estimate of drug-likeness (QED) is 0.849. The molecule has 3 rings (SSSR count). The molecule has 0 radical (unpaired) electrons. The fraction of sp³-hybridized carbons (Fsp3) is 0.750. The second kappa shape index (κ2) is 10.6. The Labute approximate surface area is 161 Å². The predicted molar refractivity (Wildman–Crippen MR) is 103 cm³/mol. The first-order valence-corrected chi connectivity index (χ1v) is 9.29. The largest absolute Gasteiger partial charge is 0.340 e. The molecule has 2 aliphatic heterocycles. The number of piperidine rings is 1. The molecule has 1 unspecified atom stereocenters. The van der Waals surface area contributed by atoms with Gasteiger partial charge in [-0.1, -0.05) is 6.92 Å². The molecule has 24 heavy (non-hydrogen) atoms. The third kappa shape index (κ3) is 5.56. The van der Waals surface area contributed by atoms with Gasteiger partial charge >= 0.3 is 0 Å². The SMILES string of the molecule is CCc1nc(CN2CCN(C(=O)C3CCCNC3)CC2)cs1.Cl.Cl. The average molecular weight is 395 g/mol. The van der Waals surface area contributed by atoms with Crippen LogP contribution in [0.25, 0.3) is 0 Å². The van der Waals surface area contributed by atoms with Crippen LogP contribution in [0.1, 0.15) is 30.5 Å². The Morgan fingerprint density at radius 3 is 2.67 bits per heavy atom. The summed E-state index contributed by atoms with van der Waals surface area (Å²) in [5.74, 6) is 0.555. The lowest BCUT2D eigenvalue weighted by Gasteiger charge is -2.37. The van der Waals surface area contributed by atoms with Gasteiger partial charge in [-0.25, -0.2) is 4.98 Å². The first-order chi connectivity index (χ1) is 10.8. The van der Waals surface area contributed by atoms with Gasteiger partial charge in [-0.15, -0.1) is 36.2 Å². The molecule has 1 aromatic rings. The molecule has 0 bridgehead atoms. The van der Waals surface area contributed by atoms with Crippen LogP contribution in [0.5, 0.6) is 0 Å². The van der Waals surface area contributed by atoms with Crippen molar-refractivity contribution in [3.63, 3.8) is 0 Å². The number of aryl methyl sites for hydroxylation is 1. The molecule has 3 heterocycles. The number of piperazine rings is 1. The van der Waals surface area contributed by atoms with Gasteiger partial charge in [0.2, 0.25) is 5.91 Å². The Kier molecular flexibility index (Phi) is 9.52. The second-order valence-corrected chi connectivity index (χ2v) is 7.17. The van der Waals surface area contributed by atoms with Crippen LogP contribution >= 0.6 is 36.2 Å². The summed E-state index contributed by atoms with van der Waals surface area (Å²) < 4.78 is 0. The summed E-state index contributed by atoms with van der Waals surface area (Å²) in [4.78, 5) is 21.6. The molecule has 138 valence electrons. The number of carbonyl (C=O) groups is 1. The van der Waals surface area contributed by atoms with E-state index in [-0.39, 0.29) is 30.7 Å². The lowest BCUT2D eigenvalue weighted by Crippen LogP contribution is -2.51. The minimum atomic E-state index is 0. The summed E-state index contributed by atoms with van der Waals surface area (Å²) in [5.41, 5.74) is 1.18. The Hall–Kier alpha value is -0.400. The van der Waals surface area contributed by atoms with Crippen LogP contribution in [-0.4, -0.2) is 60.0 Å². The monoisotopic (exact) mass is 394 g/mol. The Balaban J connectivity index is 0.00000144. The topological polar surface area (TPSA) is 48.5 Å². The molecule has 5 nitrogen and oxygen atoms in total. The predicted octanol–water partition coefficient (Wildman–Crippen LogP) is 2.19. The third-order valence-electron chi connectivity index (χ3n) is 4.62. The summed E-state index contributed by atoms with van der Waals surface area (Å²) in [6, 6.07) is 0. The maximum Gasteiger partial charge on any atom is 0.227 e. The molecule has 1 aromatic heterocycles. The van der Waals surface area contributed by atoms with Crippen molar-refractivity contribution in [2.45, 2.75) is 32.7 Å². The van der Waals surface area contributed by atoms with Crippen molar-refractivity contribution >= 4 is 42.1 Å². The van der Waals surface area contributed by atoms with Gasteiger partial charge in [-0.05, 0) is 25.8 Å². The summed E-state index contributed by atoms with van der Waals surface area (Å²) in [7, 11) is 0. The smallest absolute Gasteiger partial charge is 0.227 e. The number of halogens is 2. The number of nitrogens with one attached hydrogen (secondary N) is 1. The third-order valence-corrected chi connectivity index (χ3v) is 5.66. The molecule has 1 atom stereocenters. The second-order valence-electron chi connectivity index (χ2n) is 6.23. The van der Waals surface area contributed by atoms with E-state index in [4.69, 9.17) is 0 Å². The Bertz CT molecular complexity index is 500. The van der Waals surface area contributed by atoms with E-state index in [1.165, 1.54) is 10.7 Å². The standard InChI is InChI=1S/C16H26N4OS.2ClH/c1-2-15-18-14(12-22-15)11-19-6-8-20(9-7-19)16(21)13-4-3-5-17-10-13;;/h12-13,17H,2-11H2,1H3;2*1H. The highest BCUT2D eigenvalue weighted by Crippen LogP contribution is 2.17. The van der Waals surface area contributed by atoms with Crippen LogP contribution < -0.4 is 5.32 Å². The fourth-order valence-electron chi connectivity index (χ4n) is 3.26. The molecular weight excluding hydrogens is 367 g/mol. The normalized spacial score (nSPS) is 21.7. The van der Waals surface area contributed by atoms with E-state index in [0.717, 1.165) is 65.1 Å². The number of amides is 1. The highest BCUT2D eigenvalue weighted by atomic mass is 35.5. The fourth-order valence-corrected chi connectivity index (χ4v) is 4.00. The van der Waals surface area contributed by atoms with Crippen LogP contribution in [0.3, 0.4) is 0 Å². The van der Waals surface area contributed by atoms with Gasteiger partial charge in [0, 0.05) is 44.6 Å². The zero-order valence-corrected chi connectivity index (χ0v) is 16.6. The molecule has 2 saturated heterocycles. The average Bonchev–Trinajstić information content (AvgIpc) is 3.03. The zero-order chi connectivity index (χ0) is 15.4. The van der Waals surface area contributed by atoms with Gasteiger partial charge in [0.15, 0.2) is 0 Å². The maximum atomic E-state index is 12.5. The van der Waals surface area contributed by atoms with Crippen LogP contribution in [-0.2, 0) is 17.8 Å². The van der Waals surface area contributed by atoms with Crippen molar-refractivity contribution in [3.05, 3.63) is 16.1 Å². The first kappa shape index (κ1) is 21.6. The molecule has 0 saturated carbocycles. The number of carbonyl (C=O) groups excluding carboxylic acids is 1. The molecule has 2 aliphatic rings. The van der Waals surface area contributed by atoms with Crippen LogP contribution in [0.2, 0.25) is 0 Å². The van der Waals surface area contributed by atoms with Gasteiger partial charge < -0.3 is 10.2 Å². The molecule has 1 amide bonds. The van der Waals surface area contributed by atoms with Crippen LogP contribution in [0.15, 0.2) is 5.38 Å². The number of hydrogen-bond acceptors (Lipinski definition) is 5. The van der Waals surface area contributed by atoms with Gasteiger partial charge in [0.05, 0.1) is 16.6 Å². The van der Waals surface area contributed by atoms with Gasteiger partial charge in [-0.3, -0.25) is 9.69 Å². The lowest BCUT2D eigenvalue weighted by molar-refractivity contribution is -0.137. The highest BCUT2D eigenvalue weighted by Gasteiger charge is 2.28. The maximum absolute atomic E-state index is 12.5. The molecule has 1 N–H and O–H groups in total. The van der Waals surface area contributed by atoms with Crippen molar-refractivity contribution in [1.82, 2.24) is 20.1 Å². The van der Waals surface area contributed by atoms with Crippen molar-refractivity contribution in [2.24, 2.45) is 5.92 Å². The molecule has 8 heteroatoms. The van der Waals surface area contributed by atoms with Crippen LogP contribution in [0, 0.1) is 5.92 Å². The van der Waals surface area contributed by atoms with Crippen molar-refractivity contribution in [2.75, 3.05) is 39.3 Å². The summed E-state index contributed by atoms with van der Waals surface area (Å²) in [6.45, 7) is 8.63. The van der Waals surface area contributed by atoms with Gasteiger partial charge in [0.25, 0.3) is 0 Å². The van der Waals surface area contributed by atoms with Crippen LogP contribution in [0.4, 0.5) is 0 Å². The number of rotatable bonds is 4. The van der Waals surface area contributed by atoms with Gasteiger partial charge in [-0.2, -0.15) is 0 Å². The summed E-state index contributed by atoms with van der Waals surface area (Å²) >= 11 is 1.75. The highest BCUT2D eigenvalue weighted by molar-refractivity contribution is 7.09. The van der Waals surface area contributed by atoms with E-state index in [1.54, 1.807) is 11.3 Å². The Morgan fingerprint density at radius 2 is 2.08 bits per heavy atom. The molecular formula is C16H28Cl2N4OS. The number of thiazole rings is 1. The molecule has 0 aromatic carbocycles. The first-order valence-electron chi connectivity index (χ1n) is 8.41. The molecule has 0 aliphatic carbocycles. The van der Waals surface area contributed by atoms with E-state index in [1.807, 2.05) is 0 Å². The number of aromatic nitrogens is 1. The van der Waals surface area contributed by atoms with E-state index in [9.17, 15) is 4.79 Å².